The maximum Gasteiger partial charge on any atom is 0.410 e. The molecule has 48 heavy (non-hydrogen) atoms. The number of esters is 2. The Balaban J connectivity index is 1.70. The molecular weight excluding hydrogens is 661 g/mol. The van der Waals surface area contributed by atoms with Gasteiger partial charge in [0, 0.05) is 33.1 Å². The van der Waals surface area contributed by atoms with Crippen molar-refractivity contribution in [3.05, 3.63) is 57.9 Å². The van der Waals surface area contributed by atoms with Gasteiger partial charge in [0.15, 0.2) is 17.9 Å². The largest absolute Gasteiger partial charge is 0.453 e. The molecule has 0 saturated carbocycles. The minimum Gasteiger partial charge on any atom is -0.453 e. The molecule has 2 aromatic heterocycles. The average molecular weight is 697 g/mol. The summed E-state index contributed by atoms with van der Waals surface area (Å²) in [5, 5.41) is 13.0. The van der Waals surface area contributed by atoms with Gasteiger partial charge in [-0.3, -0.25) is 9.59 Å². The van der Waals surface area contributed by atoms with E-state index in [9.17, 15) is 28.3 Å². The molecule has 5 rings (SSSR count). The first kappa shape index (κ1) is 35.4. The molecule has 4 heterocycles. The van der Waals surface area contributed by atoms with E-state index in [1.54, 1.807) is 26.8 Å². The summed E-state index contributed by atoms with van der Waals surface area (Å²) in [6.45, 7) is 9.49. The highest BCUT2D eigenvalue weighted by Crippen LogP contribution is 2.51. The Morgan fingerprint density at radius 2 is 1.83 bits per heavy atom. The van der Waals surface area contributed by atoms with Gasteiger partial charge in [-0.15, -0.1) is 0 Å². The third-order valence-electron chi connectivity index (χ3n) is 8.44. The van der Waals surface area contributed by atoms with Gasteiger partial charge >= 0.3 is 18.0 Å². The first-order valence-electron chi connectivity index (χ1n) is 15.1. The number of rotatable bonds is 6. The maximum atomic E-state index is 15.6. The average Bonchev–Trinajstić information content (AvgIpc) is 3.51. The Kier molecular flexibility index (Phi) is 9.20. The molecule has 0 spiro atoms. The number of amides is 1. The number of alkyl halides is 2. The van der Waals surface area contributed by atoms with E-state index in [4.69, 9.17) is 30.5 Å². The molecular formula is C32H36ClF3N4O8. The zero-order valence-electron chi connectivity index (χ0n) is 27.3. The van der Waals surface area contributed by atoms with Gasteiger partial charge in [0.2, 0.25) is 0 Å². The number of fused-ring (bicyclic) bond motifs is 2. The van der Waals surface area contributed by atoms with Crippen molar-refractivity contribution in [1.29, 1.82) is 0 Å². The number of carbonyl (C=O) groups is 3. The molecule has 5 atom stereocenters. The maximum absolute atomic E-state index is 15.6. The van der Waals surface area contributed by atoms with Gasteiger partial charge in [-0.05, 0) is 69.9 Å². The number of benzene rings is 1. The molecule has 2 aliphatic rings. The second-order valence-corrected chi connectivity index (χ2v) is 13.6. The highest BCUT2D eigenvalue weighted by atomic mass is 35.5. The van der Waals surface area contributed by atoms with Crippen molar-refractivity contribution in [3.8, 4) is 0 Å². The predicted molar refractivity (Wildman–Crippen MR) is 163 cm³/mol. The number of hydrogen-bond acceptors (Lipinski definition) is 10. The Morgan fingerprint density at radius 1 is 1.15 bits per heavy atom. The molecule has 0 aliphatic carbocycles. The van der Waals surface area contributed by atoms with Crippen molar-refractivity contribution < 1.29 is 51.6 Å². The molecule has 260 valence electrons. The van der Waals surface area contributed by atoms with Crippen LogP contribution < -0.4 is 0 Å². The van der Waals surface area contributed by atoms with Crippen LogP contribution in [0.4, 0.5) is 18.0 Å². The lowest BCUT2D eigenvalue weighted by atomic mass is 9.75. The van der Waals surface area contributed by atoms with Crippen LogP contribution >= 0.6 is 11.6 Å². The van der Waals surface area contributed by atoms with E-state index in [0.717, 1.165) is 19.9 Å². The van der Waals surface area contributed by atoms with Crippen LogP contribution in [0, 0.1) is 5.82 Å². The zero-order chi connectivity index (χ0) is 35.5. The van der Waals surface area contributed by atoms with E-state index < -0.39 is 71.1 Å². The smallest absolute Gasteiger partial charge is 0.410 e. The number of aromatic nitrogens is 3. The molecule has 0 bridgehead atoms. The van der Waals surface area contributed by atoms with Gasteiger partial charge in [-0.2, -0.15) is 0 Å². The van der Waals surface area contributed by atoms with Crippen LogP contribution in [-0.4, -0.2) is 72.5 Å². The Hall–Kier alpha value is -3.95. The fourth-order valence-electron chi connectivity index (χ4n) is 6.57. The highest BCUT2D eigenvalue weighted by Gasteiger charge is 2.65. The number of nitrogens with zero attached hydrogens (tertiary/aromatic N) is 4. The third-order valence-corrected chi connectivity index (χ3v) is 8.74. The van der Waals surface area contributed by atoms with Crippen LogP contribution in [0.1, 0.15) is 83.4 Å². The van der Waals surface area contributed by atoms with Crippen molar-refractivity contribution in [3.63, 3.8) is 0 Å². The van der Waals surface area contributed by atoms with Crippen LogP contribution in [-0.2, 0) is 47.1 Å². The molecule has 1 saturated heterocycles. The second-order valence-electron chi connectivity index (χ2n) is 13.2. The molecule has 1 N–H and O–H groups in total. The SMILES string of the molecule is CC(=O)O[C@H]1[C@H](n2ccc3c(Cl)ncnc32)O[C@H](C(C)(O)c2cc(C(F)F)c(F)c3c2CN(C(=O)OC(C)(C)C)CC3)[C@@]1(C)OC(C)=O. The van der Waals surface area contributed by atoms with E-state index in [-0.39, 0.29) is 47.0 Å². The molecule has 3 aromatic rings. The van der Waals surface area contributed by atoms with Crippen molar-refractivity contribution in [2.24, 2.45) is 0 Å². The van der Waals surface area contributed by atoms with Crippen LogP contribution in [0.15, 0.2) is 24.7 Å². The minimum atomic E-state index is -3.27. The topological polar surface area (TPSA) is 142 Å². The fraction of sp³-hybridized carbons (Fsp3) is 0.531. The highest BCUT2D eigenvalue weighted by molar-refractivity contribution is 6.33. The molecule has 1 fully saturated rings. The standard InChI is InChI=1S/C32H36ClF3N4O8/c1-15(41)45-23-27(40-11-9-18-24(33)37-14-38-26(18)40)46-28(32(23,7)47-16(2)42)31(6,44)21-12-19(25(35)36)22(34)17-8-10-39(13-20(17)21)29(43)48-30(3,4)5/h9,11-12,14,23,25,27-28,44H,8,10,13H2,1-7H3/t23-,27+,28+,31?,32-/m0/s1. The molecule has 2 aliphatic heterocycles. The van der Waals surface area contributed by atoms with Gasteiger partial charge in [-0.25, -0.2) is 27.9 Å². The van der Waals surface area contributed by atoms with E-state index >= 15 is 4.39 Å². The summed E-state index contributed by atoms with van der Waals surface area (Å²) in [6.07, 6.45) is -5.84. The van der Waals surface area contributed by atoms with Crippen LogP contribution in [0.25, 0.3) is 11.0 Å². The number of ether oxygens (including phenoxy) is 4. The normalized spacial score (nSPS) is 23.9. The summed E-state index contributed by atoms with van der Waals surface area (Å²) in [6, 6.07) is 2.40. The van der Waals surface area contributed by atoms with Crippen LogP contribution in [0.3, 0.4) is 0 Å². The third kappa shape index (κ3) is 6.30. The summed E-state index contributed by atoms with van der Waals surface area (Å²) >= 11 is 6.27. The lowest BCUT2D eigenvalue weighted by Crippen LogP contribution is -2.57. The van der Waals surface area contributed by atoms with Gasteiger partial charge in [-0.1, -0.05) is 11.6 Å². The van der Waals surface area contributed by atoms with E-state index in [0.29, 0.717) is 5.39 Å². The van der Waals surface area contributed by atoms with Crippen LogP contribution in [0.5, 0.6) is 0 Å². The van der Waals surface area contributed by atoms with E-state index in [1.807, 2.05) is 0 Å². The lowest BCUT2D eigenvalue weighted by molar-refractivity contribution is -0.196. The zero-order valence-corrected chi connectivity index (χ0v) is 28.1. The lowest BCUT2D eigenvalue weighted by Gasteiger charge is -2.42. The molecule has 1 aromatic carbocycles. The Labute approximate surface area is 279 Å². The number of carbonyl (C=O) groups excluding carboxylic acids is 3. The monoisotopic (exact) mass is 696 g/mol. The molecule has 1 unspecified atom stereocenters. The van der Waals surface area contributed by atoms with Gasteiger partial charge in [0.1, 0.15) is 40.3 Å². The van der Waals surface area contributed by atoms with Crippen molar-refractivity contribution in [2.75, 3.05) is 6.54 Å². The fourth-order valence-corrected chi connectivity index (χ4v) is 6.76. The predicted octanol–water partition coefficient (Wildman–Crippen LogP) is 5.51. The summed E-state index contributed by atoms with van der Waals surface area (Å²) in [4.78, 5) is 47.6. The summed E-state index contributed by atoms with van der Waals surface area (Å²) in [5.74, 6) is -2.79. The van der Waals surface area contributed by atoms with Crippen molar-refractivity contribution in [1.82, 2.24) is 19.4 Å². The second kappa shape index (κ2) is 12.5. The number of aliphatic hydroxyl groups is 1. The van der Waals surface area contributed by atoms with E-state index in [2.05, 4.69) is 9.97 Å². The van der Waals surface area contributed by atoms with Crippen LogP contribution in [0.2, 0.25) is 5.15 Å². The first-order chi connectivity index (χ1) is 22.3. The Morgan fingerprint density at radius 3 is 2.44 bits per heavy atom. The number of hydrogen-bond donors (Lipinski definition) is 1. The molecule has 1 amide bonds. The van der Waals surface area contributed by atoms with E-state index in [1.165, 1.54) is 35.8 Å². The first-order valence-corrected chi connectivity index (χ1v) is 15.5. The van der Waals surface area contributed by atoms with Gasteiger partial charge in [0.25, 0.3) is 6.43 Å². The minimum absolute atomic E-state index is 0.0417. The molecule has 16 heteroatoms. The summed E-state index contributed by atoms with van der Waals surface area (Å²) < 4.78 is 69.1. The van der Waals surface area contributed by atoms with Gasteiger partial charge < -0.3 is 33.5 Å². The quantitative estimate of drug-likeness (QED) is 0.199. The summed E-state index contributed by atoms with van der Waals surface area (Å²) in [7, 11) is 0. The van der Waals surface area contributed by atoms with Crippen molar-refractivity contribution >= 4 is 40.7 Å². The summed E-state index contributed by atoms with van der Waals surface area (Å²) in [5.41, 5.74) is -6.21. The Bertz CT molecular complexity index is 1780. The van der Waals surface area contributed by atoms with Gasteiger partial charge in [0.05, 0.1) is 10.9 Å². The molecule has 0 radical (unpaired) electrons. The molecule has 12 nitrogen and oxygen atoms in total. The number of halogens is 4. The van der Waals surface area contributed by atoms with Crippen molar-refractivity contribution in [2.45, 2.75) is 103 Å².